The van der Waals surface area contributed by atoms with Gasteiger partial charge in [0.15, 0.2) is 0 Å². The van der Waals surface area contributed by atoms with E-state index in [1.165, 1.54) is 4.88 Å². The smallest absolute Gasteiger partial charge is 0.229 e. The van der Waals surface area contributed by atoms with Gasteiger partial charge in [0.2, 0.25) is 10.0 Å². The first kappa shape index (κ1) is 15.2. The molecule has 4 nitrogen and oxygen atoms in total. The lowest BCUT2D eigenvalue weighted by Gasteiger charge is -2.16. The molecule has 0 saturated heterocycles. The summed E-state index contributed by atoms with van der Waals surface area (Å²) in [5, 5.41) is 5.84. The molecule has 0 amide bonds. The molecule has 0 aliphatic rings. The standard InChI is InChI=1S/C13H15ClN2O2S2/c1-9(13-4-3-7-19-13)15-12-8-10(5-6-11(12)14)16-20(2,17)18/h3-9,15-16H,1-2H3. The van der Waals surface area contributed by atoms with Crippen molar-refractivity contribution in [2.75, 3.05) is 16.3 Å². The Morgan fingerprint density at radius 2 is 2.05 bits per heavy atom. The SMILES string of the molecule is CC(Nc1cc(NS(C)(=O)=O)ccc1Cl)c1cccs1. The Kier molecular flexibility index (Phi) is 4.57. The molecule has 2 rings (SSSR count). The molecule has 2 N–H and O–H groups in total. The molecule has 20 heavy (non-hydrogen) atoms. The van der Waals surface area contributed by atoms with Gasteiger partial charge in [0.05, 0.1) is 28.7 Å². The fraction of sp³-hybridized carbons (Fsp3) is 0.231. The number of hydrogen-bond donors (Lipinski definition) is 2. The lowest BCUT2D eigenvalue weighted by Crippen LogP contribution is -2.10. The van der Waals surface area contributed by atoms with Crippen LogP contribution in [0.4, 0.5) is 11.4 Å². The Labute approximate surface area is 127 Å². The topological polar surface area (TPSA) is 58.2 Å². The van der Waals surface area contributed by atoms with Crippen molar-refractivity contribution in [3.63, 3.8) is 0 Å². The summed E-state index contributed by atoms with van der Waals surface area (Å²) in [5.41, 5.74) is 1.18. The first-order valence-electron chi connectivity index (χ1n) is 5.92. The van der Waals surface area contributed by atoms with Crippen LogP contribution in [0.3, 0.4) is 0 Å². The van der Waals surface area contributed by atoms with Crippen molar-refractivity contribution in [2.45, 2.75) is 13.0 Å². The summed E-state index contributed by atoms with van der Waals surface area (Å²) in [7, 11) is -3.30. The van der Waals surface area contributed by atoms with Crippen molar-refractivity contribution in [3.8, 4) is 0 Å². The quantitative estimate of drug-likeness (QED) is 0.872. The highest BCUT2D eigenvalue weighted by atomic mass is 35.5. The van der Waals surface area contributed by atoms with E-state index in [1.807, 2.05) is 24.4 Å². The molecule has 0 fully saturated rings. The number of sulfonamides is 1. The summed E-state index contributed by atoms with van der Waals surface area (Å²) < 4.78 is 24.9. The molecule has 0 saturated carbocycles. The zero-order valence-corrected chi connectivity index (χ0v) is 13.4. The van der Waals surface area contributed by atoms with E-state index in [-0.39, 0.29) is 6.04 Å². The lowest BCUT2D eigenvalue weighted by atomic mass is 10.2. The van der Waals surface area contributed by atoms with E-state index in [4.69, 9.17) is 11.6 Å². The van der Waals surface area contributed by atoms with Crippen LogP contribution in [0.25, 0.3) is 0 Å². The van der Waals surface area contributed by atoms with Crippen LogP contribution >= 0.6 is 22.9 Å². The van der Waals surface area contributed by atoms with Crippen molar-refractivity contribution in [1.82, 2.24) is 0 Å². The molecule has 1 atom stereocenters. The van der Waals surface area contributed by atoms with E-state index in [9.17, 15) is 8.42 Å². The molecular weight excluding hydrogens is 316 g/mol. The first-order valence-corrected chi connectivity index (χ1v) is 9.07. The van der Waals surface area contributed by atoms with Crippen LogP contribution in [0.5, 0.6) is 0 Å². The Hall–Kier alpha value is -1.24. The average Bonchev–Trinajstić information content (AvgIpc) is 2.85. The number of thiophene rings is 1. The third-order valence-electron chi connectivity index (χ3n) is 2.61. The number of rotatable bonds is 5. The second-order valence-electron chi connectivity index (χ2n) is 4.45. The van der Waals surface area contributed by atoms with Crippen LogP contribution in [-0.2, 0) is 10.0 Å². The third-order valence-corrected chi connectivity index (χ3v) is 4.60. The van der Waals surface area contributed by atoms with Crippen LogP contribution in [0.15, 0.2) is 35.7 Å². The summed E-state index contributed by atoms with van der Waals surface area (Å²) in [6.45, 7) is 2.03. The molecular formula is C13H15ClN2O2S2. The molecule has 2 aromatic rings. The fourth-order valence-electron chi connectivity index (χ4n) is 1.76. The first-order chi connectivity index (χ1) is 9.35. The summed E-state index contributed by atoms with van der Waals surface area (Å²) in [6, 6.07) is 9.10. The van der Waals surface area contributed by atoms with Crippen LogP contribution < -0.4 is 10.0 Å². The highest BCUT2D eigenvalue weighted by Gasteiger charge is 2.10. The van der Waals surface area contributed by atoms with E-state index in [0.717, 1.165) is 6.26 Å². The van der Waals surface area contributed by atoms with Crippen molar-refractivity contribution >= 4 is 44.3 Å². The van der Waals surface area contributed by atoms with Gasteiger partial charge in [0.1, 0.15) is 0 Å². The average molecular weight is 331 g/mol. The van der Waals surface area contributed by atoms with Gasteiger partial charge < -0.3 is 5.32 Å². The van der Waals surface area contributed by atoms with Crippen molar-refractivity contribution in [2.24, 2.45) is 0 Å². The monoisotopic (exact) mass is 330 g/mol. The second kappa shape index (κ2) is 6.03. The Morgan fingerprint density at radius 3 is 2.65 bits per heavy atom. The molecule has 7 heteroatoms. The lowest BCUT2D eigenvalue weighted by molar-refractivity contribution is 0.607. The molecule has 1 aromatic heterocycles. The Balaban J connectivity index is 2.20. The van der Waals surface area contributed by atoms with Gasteiger partial charge in [-0.15, -0.1) is 11.3 Å². The number of anilines is 2. The largest absolute Gasteiger partial charge is 0.376 e. The maximum Gasteiger partial charge on any atom is 0.229 e. The number of benzene rings is 1. The van der Waals surface area contributed by atoms with Gasteiger partial charge in [0, 0.05) is 4.88 Å². The zero-order valence-electron chi connectivity index (χ0n) is 11.1. The summed E-state index contributed by atoms with van der Waals surface area (Å²) in [5.74, 6) is 0. The van der Waals surface area contributed by atoms with Crippen molar-refractivity contribution < 1.29 is 8.42 Å². The van der Waals surface area contributed by atoms with Gasteiger partial charge in [-0.2, -0.15) is 0 Å². The molecule has 0 aliphatic heterocycles. The molecule has 1 heterocycles. The Bertz CT molecular complexity index is 684. The molecule has 1 unspecified atom stereocenters. The molecule has 108 valence electrons. The predicted octanol–water partition coefficient (Wildman–Crippen LogP) is 3.95. The van der Waals surface area contributed by atoms with Crippen LogP contribution in [0.1, 0.15) is 17.8 Å². The van der Waals surface area contributed by atoms with E-state index < -0.39 is 10.0 Å². The van der Waals surface area contributed by atoms with Crippen molar-refractivity contribution in [3.05, 3.63) is 45.6 Å². The summed E-state index contributed by atoms with van der Waals surface area (Å²) >= 11 is 7.79. The summed E-state index contributed by atoms with van der Waals surface area (Å²) in [6.07, 6.45) is 1.11. The van der Waals surface area contributed by atoms with Gasteiger partial charge in [-0.05, 0) is 36.6 Å². The molecule has 0 bridgehead atoms. The maximum absolute atomic E-state index is 11.2. The van der Waals surface area contributed by atoms with E-state index in [2.05, 4.69) is 10.0 Å². The normalized spacial score (nSPS) is 12.9. The Morgan fingerprint density at radius 1 is 1.30 bits per heavy atom. The van der Waals surface area contributed by atoms with E-state index in [0.29, 0.717) is 16.4 Å². The van der Waals surface area contributed by atoms with Crippen LogP contribution in [0.2, 0.25) is 5.02 Å². The van der Waals surface area contributed by atoms with Crippen molar-refractivity contribution in [1.29, 1.82) is 0 Å². The van der Waals surface area contributed by atoms with Gasteiger partial charge in [-0.1, -0.05) is 17.7 Å². The summed E-state index contributed by atoms with van der Waals surface area (Å²) in [4.78, 5) is 1.18. The minimum atomic E-state index is -3.30. The number of nitrogens with one attached hydrogen (secondary N) is 2. The molecule has 0 aliphatic carbocycles. The minimum Gasteiger partial charge on any atom is -0.376 e. The number of halogens is 1. The number of hydrogen-bond acceptors (Lipinski definition) is 4. The molecule has 1 aromatic carbocycles. The third kappa shape index (κ3) is 4.13. The zero-order chi connectivity index (χ0) is 14.8. The van der Waals surface area contributed by atoms with E-state index in [1.54, 1.807) is 29.5 Å². The van der Waals surface area contributed by atoms with E-state index >= 15 is 0 Å². The van der Waals surface area contributed by atoms with Gasteiger partial charge in [0.25, 0.3) is 0 Å². The van der Waals surface area contributed by atoms with Gasteiger partial charge in [-0.3, -0.25) is 4.72 Å². The predicted molar refractivity (Wildman–Crippen MR) is 86.3 cm³/mol. The molecule has 0 radical (unpaired) electrons. The molecule has 0 spiro atoms. The highest BCUT2D eigenvalue weighted by Crippen LogP contribution is 2.30. The van der Waals surface area contributed by atoms with Crippen LogP contribution in [-0.4, -0.2) is 14.7 Å². The minimum absolute atomic E-state index is 0.0981. The van der Waals surface area contributed by atoms with Crippen LogP contribution in [0, 0.1) is 0 Å². The maximum atomic E-state index is 11.2. The van der Waals surface area contributed by atoms with Gasteiger partial charge >= 0.3 is 0 Å². The van der Waals surface area contributed by atoms with Gasteiger partial charge in [-0.25, -0.2) is 8.42 Å². The fourth-order valence-corrected chi connectivity index (χ4v) is 3.22. The second-order valence-corrected chi connectivity index (χ2v) is 7.59. The highest BCUT2D eigenvalue weighted by molar-refractivity contribution is 7.92.